The highest BCUT2D eigenvalue weighted by atomic mass is 19.2. The second kappa shape index (κ2) is 11.2. The van der Waals surface area contributed by atoms with Gasteiger partial charge in [0.25, 0.3) is 0 Å². The van der Waals surface area contributed by atoms with Crippen LogP contribution in [0, 0.1) is 35.5 Å². The molecule has 136 valence electrons. The van der Waals surface area contributed by atoms with E-state index in [-0.39, 0.29) is 17.4 Å². The predicted octanol–water partition coefficient (Wildman–Crippen LogP) is 7.40. The Labute approximate surface area is 148 Å². The number of allylic oxidation sites excluding steroid dienone is 6. The van der Waals surface area contributed by atoms with E-state index in [1.54, 1.807) is 13.8 Å². The molecule has 0 aliphatic heterocycles. The highest BCUT2D eigenvalue weighted by Crippen LogP contribution is 2.26. The Morgan fingerprint density at radius 3 is 1.96 bits per heavy atom. The molecular formula is C22H34F2. The summed E-state index contributed by atoms with van der Waals surface area (Å²) in [4.78, 5) is 0. The van der Waals surface area contributed by atoms with Crippen molar-refractivity contribution in [2.24, 2.45) is 23.7 Å². The fourth-order valence-corrected chi connectivity index (χ4v) is 2.01. The van der Waals surface area contributed by atoms with Gasteiger partial charge in [0.2, 0.25) is 0 Å². The highest BCUT2D eigenvalue weighted by Gasteiger charge is 2.14. The van der Waals surface area contributed by atoms with Crippen molar-refractivity contribution >= 4 is 0 Å². The third-order valence-electron chi connectivity index (χ3n) is 4.02. The summed E-state index contributed by atoms with van der Waals surface area (Å²) in [6.45, 7) is 15.5. The first-order valence-electron chi connectivity index (χ1n) is 8.99. The third-order valence-corrected chi connectivity index (χ3v) is 4.02. The summed E-state index contributed by atoms with van der Waals surface area (Å²) in [7, 11) is 0. The van der Waals surface area contributed by atoms with E-state index < -0.39 is 11.7 Å². The van der Waals surface area contributed by atoms with Gasteiger partial charge in [0.15, 0.2) is 11.7 Å². The molecule has 0 bridgehead atoms. The van der Waals surface area contributed by atoms with Gasteiger partial charge < -0.3 is 0 Å². The Morgan fingerprint density at radius 2 is 1.46 bits per heavy atom. The second-order valence-electron chi connectivity index (χ2n) is 7.50. The van der Waals surface area contributed by atoms with Crippen molar-refractivity contribution in [1.29, 1.82) is 0 Å². The fourth-order valence-electron chi connectivity index (χ4n) is 2.01. The minimum absolute atomic E-state index is 0.135. The van der Waals surface area contributed by atoms with E-state index in [2.05, 4.69) is 39.5 Å². The van der Waals surface area contributed by atoms with Crippen LogP contribution in [0.1, 0.15) is 68.2 Å². The maximum Gasteiger partial charge on any atom is 0.169 e. The zero-order valence-electron chi connectivity index (χ0n) is 16.6. The standard InChI is InChI=1S/C22H34F2/c1-15(2)9-11-17(5)12-14-19(7)21(23)22(24)20(8)18(6)13-10-16(3)4/h10,13,15-18H,9,11H2,1-8H3/b13-10-,21-19-,22-20-. The van der Waals surface area contributed by atoms with Crippen LogP contribution in [-0.2, 0) is 0 Å². The van der Waals surface area contributed by atoms with E-state index in [1.165, 1.54) is 0 Å². The van der Waals surface area contributed by atoms with Crippen LogP contribution in [0.15, 0.2) is 35.0 Å². The van der Waals surface area contributed by atoms with Crippen LogP contribution >= 0.6 is 0 Å². The molecule has 0 radical (unpaired) electrons. The molecule has 2 heteroatoms. The summed E-state index contributed by atoms with van der Waals surface area (Å²) in [5, 5.41) is 0. The molecule has 0 aliphatic rings. The lowest BCUT2D eigenvalue weighted by molar-refractivity contribution is 0.509. The fraction of sp³-hybridized carbons (Fsp3) is 0.636. The molecule has 0 saturated carbocycles. The SMILES string of the molecule is C/C(C#CC(C)CCC(C)C)=C(F)\C(F)=C(/C)C(C)/C=C\C(C)C. The lowest BCUT2D eigenvalue weighted by atomic mass is 9.98. The lowest BCUT2D eigenvalue weighted by Crippen LogP contribution is -1.98. The maximum absolute atomic E-state index is 14.3. The van der Waals surface area contributed by atoms with Crippen LogP contribution in [0.2, 0.25) is 0 Å². The smallest absolute Gasteiger partial charge is 0.169 e. The summed E-state index contributed by atoms with van der Waals surface area (Å²) < 4.78 is 28.6. The molecule has 0 spiro atoms. The van der Waals surface area contributed by atoms with Crippen LogP contribution < -0.4 is 0 Å². The van der Waals surface area contributed by atoms with Crippen molar-refractivity contribution < 1.29 is 8.78 Å². The van der Waals surface area contributed by atoms with E-state index in [4.69, 9.17) is 0 Å². The summed E-state index contributed by atoms with van der Waals surface area (Å²) in [5.41, 5.74) is 0.571. The Hall–Kier alpha value is -1.36. The van der Waals surface area contributed by atoms with Gasteiger partial charge in [-0.2, -0.15) is 0 Å². The van der Waals surface area contributed by atoms with Crippen molar-refractivity contribution in [3.63, 3.8) is 0 Å². The monoisotopic (exact) mass is 336 g/mol. The van der Waals surface area contributed by atoms with Gasteiger partial charge in [0, 0.05) is 11.5 Å². The largest absolute Gasteiger partial charge is 0.204 e. The van der Waals surface area contributed by atoms with E-state index in [0.717, 1.165) is 12.8 Å². The molecule has 0 amide bonds. The Morgan fingerprint density at radius 1 is 0.875 bits per heavy atom. The molecule has 0 aromatic rings. The molecule has 0 heterocycles. The van der Waals surface area contributed by atoms with Crippen molar-refractivity contribution in [3.8, 4) is 11.8 Å². The molecule has 0 rings (SSSR count). The van der Waals surface area contributed by atoms with Gasteiger partial charge in [0.05, 0.1) is 0 Å². The maximum atomic E-state index is 14.3. The molecule has 0 aromatic carbocycles. The highest BCUT2D eigenvalue weighted by molar-refractivity contribution is 5.39. The summed E-state index contributed by atoms with van der Waals surface area (Å²) in [5.74, 6) is 5.29. The van der Waals surface area contributed by atoms with Crippen LogP contribution in [0.5, 0.6) is 0 Å². The molecule has 0 fully saturated rings. The zero-order chi connectivity index (χ0) is 18.9. The second-order valence-corrected chi connectivity index (χ2v) is 7.50. The van der Waals surface area contributed by atoms with Gasteiger partial charge >= 0.3 is 0 Å². The van der Waals surface area contributed by atoms with Crippen LogP contribution in [-0.4, -0.2) is 0 Å². The molecule has 0 aliphatic carbocycles. The number of rotatable bonds is 7. The first-order valence-corrected chi connectivity index (χ1v) is 8.99. The predicted molar refractivity (Wildman–Crippen MR) is 102 cm³/mol. The van der Waals surface area contributed by atoms with E-state index in [1.807, 2.05) is 26.0 Å². The van der Waals surface area contributed by atoms with E-state index in [0.29, 0.717) is 17.4 Å². The summed E-state index contributed by atoms with van der Waals surface area (Å²) in [6.07, 6.45) is 6.00. The molecule has 0 saturated heterocycles. The minimum atomic E-state index is -0.833. The molecular weight excluding hydrogens is 302 g/mol. The van der Waals surface area contributed by atoms with Crippen molar-refractivity contribution in [2.75, 3.05) is 0 Å². The van der Waals surface area contributed by atoms with Gasteiger partial charge in [-0.1, -0.05) is 65.5 Å². The average molecular weight is 337 g/mol. The third kappa shape index (κ3) is 9.06. The first kappa shape index (κ1) is 22.6. The van der Waals surface area contributed by atoms with Crippen LogP contribution in [0.3, 0.4) is 0 Å². The van der Waals surface area contributed by atoms with Crippen molar-refractivity contribution in [3.05, 3.63) is 35.0 Å². The Bertz CT molecular complexity index is 536. The number of halogens is 2. The number of hydrogen-bond donors (Lipinski definition) is 0. The molecule has 2 atom stereocenters. The molecule has 2 unspecified atom stereocenters. The Kier molecular flexibility index (Phi) is 10.6. The topological polar surface area (TPSA) is 0 Å². The average Bonchev–Trinajstić information content (AvgIpc) is 2.53. The minimum Gasteiger partial charge on any atom is -0.204 e. The van der Waals surface area contributed by atoms with Gasteiger partial charge in [-0.3, -0.25) is 0 Å². The normalized spacial score (nSPS) is 16.7. The van der Waals surface area contributed by atoms with Crippen LogP contribution in [0.4, 0.5) is 8.78 Å². The molecule has 0 nitrogen and oxygen atoms in total. The van der Waals surface area contributed by atoms with Gasteiger partial charge in [-0.25, -0.2) is 8.78 Å². The molecule has 0 aromatic heterocycles. The molecule has 24 heavy (non-hydrogen) atoms. The van der Waals surface area contributed by atoms with Crippen molar-refractivity contribution in [2.45, 2.75) is 68.2 Å². The van der Waals surface area contributed by atoms with Gasteiger partial charge in [-0.05, 0) is 50.0 Å². The van der Waals surface area contributed by atoms with E-state index >= 15 is 0 Å². The van der Waals surface area contributed by atoms with E-state index in [9.17, 15) is 8.78 Å². The molecule has 0 N–H and O–H groups in total. The number of hydrogen-bond acceptors (Lipinski definition) is 0. The van der Waals surface area contributed by atoms with Gasteiger partial charge in [0.1, 0.15) is 0 Å². The zero-order valence-corrected chi connectivity index (χ0v) is 16.6. The summed E-state index contributed by atoms with van der Waals surface area (Å²) >= 11 is 0. The van der Waals surface area contributed by atoms with Crippen molar-refractivity contribution in [1.82, 2.24) is 0 Å². The first-order chi connectivity index (χ1) is 11.1. The lowest BCUT2D eigenvalue weighted by Gasteiger charge is -2.10. The Balaban J connectivity index is 5.16. The summed E-state index contributed by atoms with van der Waals surface area (Å²) in [6, 6.07) is 0. The quantitative estimate of drug-likeness (QED) is 0.258. The van der Waals surface area contributed by atoms with Crippen LogP contribution in [0.25, 0.3) is 0 Å². The van der Waals surface area contributed by atoms with Gasteiger partial charge in [-0.15, -0.1) is 0 Å².